The molecular weight excluding hydrogens is 335 g/mol. The molecule has 1 aliphatic carbocycles. The Morgan fingerprint density at radius 2 is 2.10 bits per heavy atom. The fraction of sp³-hybridized carbons (Fsp3) is 0.250. The summed E-state index contributed by atoms with van der Waals surface area (Å²) in [4.78, 5) is 18.4. The first kappa shape index (κ1) is 14.2. The molecule has 1 aromatic carbocycles. The monoisotopic (exact) mass is 348 g/mol. The van der Waals surface area contributed by atoms with Gasteiger partial charge in [0.1, 0.15) is 5.82 Å². The maximum absolute atomic E-state index is 13.8. The van der Waals surface area contributed by atoms with Crippen molar-refractivity contribution in [2.45, 2.75) is 25.4 Å². The van der Waals surface area contributed by atoms with Crippen molar-refractivity contribution < 1.29 is 9.18 Å². The van der Waals surface area contributed by atoms with E-state index in [1.807, 2.05) is 0 Å². The van der Waals surface area contributed by atoms with Gasteiger partial charge in [0.05, 0.1) is 5.56 Å². The van der Waals surface area contributed by atoms with E-state index in [1.165, 1.54) is 6.07 Å². The molecule has 0 unspecified atom stereocenters. The lowest BCUT2D eigenvalue weighted by atomic mass is 10.1. The summed E-state index contributed by atoms with van der Waals surface area (Å²) >= 11 is 3.32. The molecule has 0 bridgehead atoms. The average Bonchev–Trinajstić information content (AvgIpc) is 3.30. The molecule has 1 aliphatic rings. The van der Waals surface area contributed by atoms with E-state index in [1.54, 1.807) is 41.6 Å². The number of carbonyl (C=O) groups excluding carboxylic acids is 1. The molecule has 1 fully saturated rings. The minimum atomic E-state index is -0.275. The molecule has 0 saturated heterocycles. The number of hydrogen-bond acceptors (Lipinski definition) is 2. The lowest BCUT2D eigenvalue weighted by molar-refractivity contribution is 0.0728. The van der Waals surface area contributed by atoms with E-state index in [-0.39, 0.29) is 17.8 Å². The van der Waals surface area contributed by atoms with Crippen molar-refractivity contribution in [1.82, 2.24) is 9.88 Å². The van der Waals surface area contributed by atoms with Gasteiger partial charge in [-0.3, -0.25) is 9.78 Å². The highest BCUT2D eigenvalue weighted by molar-refractivity contribution is 9.10. The van der Waals surface area contributed by atoms with Crippen molar-refractivity contribution in [2.24, 2.45) is 0 Å². The number of nitrogens with zero attached hydrogens (tertiary/aromatic N) is 2. The van der Waals surface area contributed by atoms with E-state index in [0.29, 0.717) is 17.7 Å². The molecule has 1 aromatic heterocycles. The smallest absolute Gasteiger partial charge is 0.256 e. The van der Waals surface area contributed by atoms with Crippen LogP contribution in [0, 0.1) is 5.82 Å². The van der Waals surface area contributed by atoms with Crippen molar-refractivity contribution in [3.63, 3.8) is 0 Å². The predicted molar refractivity (Wildman–Crippen MR) is 81.2 cm³/mol. The van der Waals surface area contributed by atoms with Gasteiger partial charge < -0.3 is 4.90 Å². The van der Waals surface area contributed by atoms with Crippen molar-refractivity contribution >= 4 is 21.8 Å². The summed E-state index contributed by atoms with van der Waals surface area (Å²) < 4.78 is 14.6. The second kappa shape index (κ2) is 5.93. The highest BCUT2D eigenvalue weighted by Crippen LogP contribution is 2.30. The highest BCUT2D eigenvalue weighted by atomic mass is 79.9. The average molecular weight is 349 g/mol. The van der Waals surface area contributed by atoms with Gasteiger partial charge in [0.2, 0.25) is 0 Å². The quantitative estimate of drug-likeness (QED) is 0.842. The first-order chi connectivity index (χ1) is 10.1. The summed E-state index contributed by atoms with van der Waals surface area (Å²) in [7, 11) is 0. The van der Waals surface area contributed by atoms with Crippen molar-refractivity contribution in [1.29, 1.82) is 0 Å². The van der Waals surface area contributed by atoms with E-state index in [0.717, 1.165) is 17.3 Å². The number of benzene rings is 1. The molecule has 0 atom stereocenters. The molecule has 2 aromatic rings. The van der Waals surface area contributed by atoms with Crippen molar-refractivity contribution in [2.75, 3.05) is 0 Å². The standard InChI is InChI=1S/C16H14BrFN2O/c17-13-7-12(8-19-9-13)16(21)20(14-5-6-14)10-11-3-1-2-4-15(11)18/h1-4,7-9,14H,5-6,10H2. The molecule has 1 saturated carbocycles. The van der Waals surface area contributed by atoms with Crippen LogP contribution in [0.25, 0.3) is 0 Å². The Labute approximate surface area is 130 Å². The van der Waals surface area contributed by atoms with Gasteiger partial charge in [-0.2, -0.15) is 0 Å². The van der Waals surface area contributed by atoms with Crippen LogP contribution in [0.3, 0.4) is 0 Å². The largest absolute Gasteiger partial charge is 0.331 e. The molecule has 5 heteroatoms. The predicted octanol–water partition coefficient (Wildman–Crippen LogP) is 3.79. The number of amides is 1. The van der Waals surface area contributed by atoms with Gasteiger partial charge in [-0.1, -0.05) is 18.2 Å². The van der Waals surface area contributed by atoms with Crippen molar-refractivity contribution in [3.05, 3.63) is 64.1 Å². The zero-order valence-corrected chi connectivity index (χ0v) is 12.9. The number of aromatic nitrogens is 1. The van der Waals surface area contributed by atoms with Gasteiger partial charge in [-0.15, -0.1) is 0 Å². The third-order valence-corrected chi connectivity index (χ3v) is 3.93. The van der Waals surface area contributed by atoms with Crippen LogP contribution in [0.2, 0.25) is 0 Å². The summed E-state index contributed by atoms with van der Waals surface area (Å²) in [5.74, 6) is -0.377. The van der Waals surface area contributed by atoms with Gasteiger partial charge in [0.25, 0.3) is 5.91 Å². The number of carbonyl (C=O) groups is 1. The molecule has 3 nitrogen and oxygen atoms in total. The fourth-order valence-electron chi connectivity index (χ4n) is 2.26. The van der Waals surface area contributed by atoms with Crippen LogP contribution < -0.4 is 0 Å². The molecule has 0 N–H and O–H groups in total. The highest BCUT2D eigenvalue weighted by Gasteiger charge is 2.33. The Hall–Kier alpha value is -1.75. The van der Waals surface area contributed by atoms with Crippen molar-refractivity contribution in [3.8, 4) is 0 Å². The number of pyridine rings is 1. The molecule has 0 aliphatic heterocycles. The van der Waals surface area contributed by atoms with E-state index in [2.05, 4.69) is 20.9 Å². The van der Waals surface area contributed by atoms with Crippen LogP contribution in [0.4, 0.5) is 4.39 Å². The van der Waals surface area contributed by atoms with Crippen LogP contribution in [0.5, 0.6) is 0 Å². The van der Waals surface area contributed by atoms with Crippen LogP contribution in [-0.4, -0.2) is 21.8 Å². The summed E-state index contributed by atoms with van der Waals surface area (Å²) in [6.07, 6.45) is 5.13. The Kier molecular flexibility index (Phi) is 4.01. The van der Waals surface area contributed by atoms with Crippen LogP contribution in [0.15, 0.2) is 47.2 Å². The third kappa shape index (κ3) is 3.29. The molecule has 108 valence electrons. The van der Waals surface area contributed by atoms with E-state index in [9.17, 15) is 9.18 Å². The van der Waals surface area contributed by atoms with E-state index < -0.39 is 0 Å². The second-order valence-electron chi connectivity index (χ2n) is 5.15. The molecule has 21 heavy (non-hydrogen) atoms. The number of rotatable bonds is 4. The maximum atomic E-state index is 13.8. The zero-order chi connectivity index (χ0) is 14.8. The Morgan fingerprint density at radius 3 is 2.76 bits per heavy atom. The Bertz CT molecular complexity index is 673. The van der Waals surface area contributed by atoms with E-state index >= 15 is 0 Å². The molecule has 0 spiro atoms. The van der Waals surface area contributed by atoms with Gasteiger partial charge >= 0.3 is 0 Å². The molecule has 1 heterocycles. The van der Waals surface area contributed by atoms with Gasteiger partial charge in [-0.05, 0) is 40.9 Å². The molecular formula is C16H14BrFN2O. The first-order valence-electron chi connectivity index (χ1n) is 6.80. The minimum absolute atomic E-state index is 0.102. The van der Waals surface area contributed by atoms with Crippen LogP contribution in [0.1, 0.15) is 28.8 Å². The number of halogens is 2. The summed E-state index contributed by atoms with van der Waals surface area (Å²) in [6.45, 7) is 0.294. The van der Waals surface area contributed by atoms with E-state index in [4.69, 9.17) is 0 Å². The Balaban J connectivity index is 1.85. The molecule has 0 radical (unpaired) electrons. The lowest BCUT2D eigenvalue weighted by Crippen LogP contribution is -2.33. The fourth-order valence-corrected chi connectivity index (χ4v) is 2.62. The van der Waals surface area contributed by atoms with Crippen LogP contribution >= 0.6 is 15.9 Å². The molecule has 3 rings (SSSR count). The normalized spacial score (nSPS) is 14.0. The topological polar surface area (TPSA) is 33.2 Å². The van der Waals surface area contributed by atoms with Gasteiger partial charge in [0, 0.05) is 35.0 Å². The first-order valence-corrected chi connectivity index (χ1v) is 7.59. The Morgan fingerprint density at radius 1 is 1.33 bits per heavy atom. The summed E-state index contributed by atoms with van der Waals surface area (Å²) in [6, 6.07) is 8.53. The van der Waals surface area contributed by atoms with Gasteiger partial charge in [-0.25, -0.2) is 4.39 Å². The second-order valence-corrected chi connectivity index (χ2v) is 6.06. The zero-order valence-electron chi connectivity index (χ0n) is 11.3. The SMILES string of the molecule is O=C(c1cncc(Br)c1)N(Cc1ccccc1F)C1CC1. The molecule has 1 amide bonds. The third-order valence-electron chi connectivity index (χ3n) is 3.50. The maximum Gasteiger partial charge on any atom is 0.256 e. The minimum Gasteiger partial charge on any atom is -0.331 e. The summed E-state index contributed by atoms with van der Waals surface area (Å²) in [5.41, 5.74) is 1.06. The summed E-state index contributed by atoms with van der Waals surface area (Å²) in [5, 5.41) is 0. The van der Waals surface area contributed by atoms with Gasteiger partial charge in [0.15, 0.2) is 0 Å². The van der Waals surface area contributed by atoms with Crippen LogP contribution in [-0.2, 0) is 6.54 Å². The lowest BCUT2D eigenvalue weighted by Gasteiger charge is -2.23. The number of hydrogen-bond donors (Lipinski definition) is 0.